The highest BCUT2D eigenvalue weighted by atomic mass is 79.9. The number of hydrogen-bond acceptors (Lipinski definition) is 1. The number of Topliss-reactive ketones (excluding diaryl/α,β-unsaturated/α-hetero) is 1. The summed E-state index contributed by atoms with van der Waals surface area (Å²) in [4.78, 5) is 11.5. The van der Waals surface area contributed by atoms with Crippen molar-refractivity contribution in [3.63, 3.8) is 0 Å². The highest BCUT2D eigenvalue weighted by molar-refractivity contribution is 9.10. The lowest BCUT2D eigenvalue weighted by Gasteiger charge is -2.07. The van der Waals surface area contributed by atoms with Crippen molar-refractivity contribution >= 4 is 33.3 Å². The third-order valence-corrected chi connectivity index (χ3v) is 3.08. The topological polar surface area (TPSA) is 17.1 Å². The Kier molecular flexibility index (Phi) is 3.67. The first kappa shape index (κ1) is 11.7. The summed E-state index contributed by atoms with van der Waals surface area (Å²) in [5, 5.41) is -0.0449. The summed E-state index contributed by atoms with van der Waals surface area (Å²) >= 11 is 8.74. The zero-order valence-electron chi connectivity index (χ0n) is 7.77. The maximum absolute atomic E-state index is 13.5. The smallest absolute Gasteiger partial charge is 0.168 e. The first-order valence-electron chi connectivity index (χ1n) is 4.13. The fraction of sp³-hybridized carbons (Fsp3) is 0.300. The number of rotatable bonds is 2. The Morgan fingerprint density at radius 1 is 1.50 bits per heavy atom. The van der Waals surface area contributed by atoms with E-state index in [4.69, 9.17) is 11.6 Å². The molecule has 1 rings (SSSR count). The Balaban J connectivity index is 3.24. The fourth-order valence-electron chi connectivity index (χ4n) is 1.03. The van der Waals surface area contributed by atoms with Crippen molar-refractivity contribution in [3.05, 3.63) is 33.0 Å². The number of benzene rings is 1. The normalized spacial score (nSPS) is 10.7. The summed E-state index contributed by atoms with van der Waals surface area (Å²) in [6, 6.07) is 3.01. The van der Waals surface area contributed by atoms with Crippen molar-refractivity contribution in [2.24, 2.45) is 5.92 Å². The van der Waals surface area contributed by atoms with Crippen LogP contribution in [0, 0.1) is 11.7 Å². The highest BCUT2D eigenvalue weighted by Crippen LogP contribution is 2.28. The average Bonchev–Trinajstić information content (AvgIpc) is 2.13. The monoisotopic (exact) mass is 278 g/mol. The summed E-state index contributed by atoms with van der Waals surface area (Å²) in [7, 11) is 0. The van der Waals surface area contributed by atoms with Crippen molar-refractivity contribution in [2.45, 2.75) is 13.8 Å². The lowest BCUT2D eigenvalue weighted by atomic mass is 10.0. The standard InChI is InChI=1S/C10H9BrClFO/c1-5(2)10(14)6-3-4-7(11)8(12)9(6)13/h3-5H,1-2H3. The van der Waals surface area contributed by atoms with Crippen molar-refractivity contribution < 1.29 is 9.18 Å². The lowest BCUT2D eigenvalue weighted by molar-refractivity contribution is 0.0935. The molecule has 0 bridgehead atoms. The minimum atomic E-state index is -0.653. The van der Waals surface area contributed by atoms with E-state index in [1.165, 1.54) is 6.07 Å². The maximum Gasteiger partial charge on any atom is 0.168 e. The molecule has 0 unspecified atom stereocenters. The van der Waals surface area contributed by atoms with Crippen LogP contribution in [0.3, 0.4) is 0 Å². The Labute approximate surface area is 95.4 Å². The van der Waals surface area contributed by atoms with Crippen LogP contribution >= 0.6 is 27.5 Å². The Bertz CT molecular complexity index is 377. The maximum atomic E-state index is 13.5. The first-order valence-corrected chi connectivity index (χ1v) is 5.30. The summed E-state index contributed by atoms with van der Waals surface area (Å²) < 4.78 is 13.9. The summed E-state index contributed by atoms with van der Waals surface area (Å²) in [6.07, 6.45) is 0. The van der Waals surface area contributed by atoms with Crippen LogP contribution in [0.2, 0.25) is 5.02 Å². The first-order chi connectivity index (χ1) is 6.45. The van der Waals surface area contributed by atoms with E-state index < -0.39 is 5.82 Å². The molecule has 0 saturated carbocycles. The Hall–Kier alpha value is -0.410. The van der Waals surface area contributed by atoms with Gasteiger partial charge in [0.25, 0.3) is 0 Å². The van der Waals surface area contributed by atoms with Crippen molar-refractivity contribution in [2.75, 3.05) is 0 Å². The van der Waals surface area contributed by atoms with Crippen molar-refractivity contribution in [3.8, 4) is 0 Å². The van der Waals surface area contributed by atoms with E-state index in [1.54, 1.807) is 19.9 Å². The minimum absolute atomic E-state index is 0.0449. The van der Waals surface area contributed by atoms with Crippen LogP contribution in [0.5, 0.6) is 0 Å². The van der Waals surface area contributed by atoms with E-state index in [0.29, 0.717) is 4.47 Å². The third kappa shape index (κ3) is 2.15. The third-order valence-electron chi connectivity index (χ3n) is 1.83. The molecule has 1 aromatic rings. The molecule has 1 aromatic carbocycles. The van der Waals surface area contributed by atoms with Crippen LogP contribution < -0.4 is 0 Å². The molecule has 0 aliphatic carbocycles. The fourth-order valence-corrected chi connectivity index (χ4v) is 1.50. The highest BCUT2D eigenvalue weighted by Gasteiger charge is 2.18. The quantitative estimate of drug-likeness (QED) is 0.589. The minimum Gasteiger partial charge on any atom is -0.294 e. The molecule has 0 saturated heterocycles. The molecule has 14 heavy (non-hydrogen) atoms. The summed E-state index contributed by atoms with van der Waals surface area (Å²) in [5.41, 5.74) is 0.0493. The van der Waals surface area contributed by atoms with Gasteiger partial charge in [-0.15, -0.1) is 0 Å². The number of halogens is 3. The van der Waals surface area contributed by atoms with E-state index in [-0.39, 0.29) is 22.3 Å². The van der Waals surface area contributed by atoms with Gasteiger partial charge in [0.2, 0.25) is 0 Å². The molecule has 0 aromatic heterocycles. The van der Waals surface area contributed by atoms with Gasteiger partial charge >= 0.3 is 0 Å². The van der Waals surface area contributed by atoms with Crippen molar-refractivity contribution in [1.29, 1.82) is 0 Å². The number of carbonyl (C=O) groups is 1. The van der Waals surface area contributed by atoms with Gasteiger partial charge in [0.1, 0.15) is 0 Å². The predicted molar refractivity (Wildman–Crippen MR) is 58.3 cm³/mol. The molecule has 0 radical (unpaired) electrons. The van der Waals surface area contributed by atoms with Gasteiger partial charge in [-0.3, -0.25) is 4.79 Å². The van der Waals surface area contributed by atoms with E-state index >= 15 is 0 Å². The van der Waals surface area contributed by atoms with Gasteiger partial charge in [-0.1, -0.05) is 25.4 Å². The zero-order chi connectivity index (χ0) is 10.9. The number of carbonyl (C=O) groups excluding carboxylic acids is 1. The summed E-state index contributed by atoms with van der Waals surface area (Å²) in [5.74, 6) is -1.13. The lowest BCUT2D eigenvalue weighted by Crippen LogP contribution is -2.10. The van der Waals surface area contributed by atoms with E-state index in [1.807, 2.05) is 0 Å². The van der Waals surface area contributed by atoms with Crippen LogP contribution in [0.25, 0.3) is 0 Å². The van der Waals surface area contributed by atoms with Crippen LogP contribution in [0.15, 0.2) is 16.6 Å². The van der Waals surface area contributed by atoms with E-state index in [2.05, 4.69) is 15.9 Å². The SMILES string of the molecule is CC(C)C(=O)c1ccc(Br)c(Cl)c1F. The van der Waals surface area contributed by atoms with Gasteiger partial charge < -0.3 is 0 Å². The number of ketones is 1. The van der Waals surface area contributed by atoms with Gasteiger partial charge in [0.05, 0.1) is 10.6 Å². The second-order valence-electron chi connectivity index (χ2n) is 3.24. The molecule has 0 N–H and O–H groups in total. The van der Waals surface area contributed by atoms with Crippen molar-refractivity contribution in [1.82, 2.24) is 0 Å². The molecular formula is C10H9BrClFO. The second kappa shape index (κ2) is 4.41. The molecule has 4 heteroatoms. The molecule has 1 nitrogen and oxygen atoms in total. The predicted octanol–water partition coefficient (Wildman–Crippen LogP) is 4.08. The largest absolute Gasteiger partial charge is 0.294 e. The van der Waals surface area contributed by atoms with Crippen LogP contribution in [-0.2, 0) is 0 Å². The van der Waals surface area contributed by atoms with Crippen LogP contribution in [0.1, 0.15) is 24.2 Å². The number of hydrogen-bond donors (Lipinski definition) is 0. The van der Waals surface area contributed by atoms with Gasteiger partial charge in [-0.25, -0.2) is 4.39 Å². The summed E-state index contributed by atoms with van der Waals surface area (Å²) in [6.45, 7) is 3.44. The molecule has 0 aliphatic rings. The molecule has 0 aliphatic heterocycles. The second-order valence-corrected chi connectivity index (χ2v) is 4.47. The molecular weight excluding hydrogens is 270 g/mol. The molecule has 0 amide bonds. The van der Waals surface area contributed by atoms with E-state index in [0.717, 1.165) is 0 Å². The van der Waals surface area contributed by atoms with Crippen LogP contribution in [0.4, 0.5) is 4.39 Å². The molecule has 76 valence electrons. The van der Waals surface area contributed by atoms with Gasteiger partial charge in [-0.05, 0) is 28.1 Å². The average molecular weight is 280 g/mol. The Morgan fingerprint density at radius 2 is 2.07 bits per heavy atom. The van der Waals surface area contributed by atoms with E-state index in [9.17, 15) is 9.18 Å². The molecule has 0 heterocycles. The zero-order valence-corrected chi connectivity index (χ0v) is 10.1. The molecule has 0 fully saturated rings. The molecule has 0 atom stereocenters. The molecule has 0 spiro atoms. The van der Waals surface area contributed by atoms with Crippen LogP contribution in [-0.4, -0.2) is 5.78 Å². The van der Waals surface area contributed by atoms with Gasteiger partial charge in [0.15, 0.2) is 11.6 Å². The van der Waals surface area contributed by atoms with Gasteiger partial charge in [0, 0.05) is 10.4 Å². The Morgan fingerprint density at radius 3 is 2.57 bits per heavy atom. The van der Waals surface area contributed by atoms with Gasteiger partial charge in [-0.2, -0.15) is 0 Å².